The van der Waals surface area contributed by atoms with E-state index in [1.54, 1.807) is 0 Å². The van der Waals surface area contributed by atoms with E-state index in [9.17, 15) is 0 Å². The van der Waals surface area contributed by atoms with E-state index in [2.05, 4.69) is 32.7 Å². The quantitative estimate of drug-likeness (QED) is 0.456. The summed E-state index contributed by atoms with van der Waals surface area (Å²) in [6.45, 7) is 11.5. The Labute approximate surface area is 77.2 Å². The predicted octanol–water partition coefficient (Wildman–Crippen LogP) is 3.12. The van der Waals surface area contributed by atoms with Crippen molar-refractivity contribution in [3.63, 3.8) is 0 Å². The highest BCUT2D eigenvalue weighted by molar-refractivity contribution is 4.87. The molecule has 0 aromatic heterocycles. The zero-order chi connectivity index (χ0) is 9.40. The second-order valence-corrected chi connectivity index (χ2v) is 3.66. The lowest BCUT2D eigenvalue weighted by atomic mass is 10.1. The van der Waals surface area contributed by atoms with Crippen LogP contribution in [0.25, 0.3) is 0 Å². The molecule has 0 heterocycles. The summed E-state index contributed by atoms with van der Waals surface area (Å²) in [5.74, 6) is 0. The highest BCUT2D eigenvalue weighted by Gasteiger charge is 1.98. The Morgan fingerprint density at radius 1 is 1.42 bits per heavy atom. The van der Waals surface area contributed by atoms with Crippen molar-refractivity contribution in [2.24, 2.45) is 0 Å². The molecule has 0 saturated heterocycles. The van der Waals surface area contributed by atoms with Gasteiger partial charge in [0.25, 0.3) is 0 Å². The number of unbranched alkanes of at least 4 members (excludes halogenated alkanes) is 1. The van der Waals surface area contributed by atoms with Crippen molar-refractivity contribution in [2.45, 2.75) is 52.5 Å². The van der Waals surface area contributed by atoms with E-state index in [1.807, 2.05) is 0 Å². The Bertz CT molecular complexity index is 118. The lowest BCUT2D eigenvalue weighted by Crippen LogP contribution is -2.25. The smallest absolute Gasteiger partial charge is 0.00386 e. The molecule has 0 aliphatic heterocycles. The van der Waals surface area contributed by atoms with Crippen LogP contribution < -0.4 is 5.32 Å². The number of nitrogens with one attached hydrogen (secondary N) is 1. The van der Waals surface area contributed by atoms with Crippen molar-refractivity contribution in [1.29, 1.82) is 0 Å². The van der Waals surface area contributed by atoms with Gasteiger partial charge in [0.1, 0.15) is 0 Å². The van der Waals surface area contributed by atoms with Crippen LogP contribution in [0.1, 0.15) is 46.5 Å². The Balaban J connectivity index is 3.13. The third kappa shape index (κ3) is 7.80. The first kappa shape index (κ1) is 11.7. The van der Waals surface area contributed by atoms with E-state index < -0.39 is 0 Å². The fourth-order valence-electron chi connectivity index (χ4n) is 1.33. The molecule has 0 aromatic carbocycles. The minimum Gasteiger partial charge on any atom is -0.315 e. The maximum Gasteiger partial charge on any atom is 0.00386 e. The van der Waals surface area contributed by atoms with Crippen molar-refractivity contribution in [1.82, 2.24) is 5.32 Å². The van der Waals surface area contributed by atoms with Gasteiger partial charge < -0.3 is 5.32 Å². The Kier molecular flexibility index (Phi) is 7.17. The molecule has 1 atom stereocenters. The first-order valence-corrected chi connectivity index (χ1v) is 5.04. The van der Waals surface area contributed by atoms with Gasteiger partial charge in [-0.15, -0.1) is 6.58 Å². The molecule has 72 valence electrons. The fourth-order valence-corrected chi connectivity index (χ4v) is 1.33. The van der Waals surface area contributed by atoms with Crippen LogP contribution in [0.2, 0.25) is 0 Å². The van der Waals surface area contributed by atoms with Crippen molar-refractivity contribution in [3.05, 3.63) is 12.2 Å². The molecule has 0 bridgehead atoms. The Hall–Kier alpha value is -0.300. The van der Waals surface area contributed by atoms with Gasteiger partial charge in [0.2, 0.25) is 0 Å². The maximum atomic E-state index is 3.89. The van der Waals surface area contributed by atoms with Crippen LogP contribution in [0.3, 0.4) is 0 Å². The molecule has 0 aliphatic rings. The standard InChI is InChI=1S/C11H23N/c1-5-12-11(4)9-7-6-8-10(2)3/h11-12H,2,5-9H2,1,3-4H3. The second-order valence-electron chi connectivity index (χ2n) is 3.66. The molecule has 0 aromatic rings. The summed E-state index contributed by atoms with van der Waals surface area (Å²) in [5.41, 5.74) is 1.31. The number of hydrogen-bond acceptors (Lipinski definition) is 1. The predicted molar refractivity (Wildman–Crippen MR) is 56.4 cm³/mol. The summed E-state index contributed by atoms with van der Waals surface area (Å²) in [4.78, 5) is 0. The molecule has 0 radical (unpaired) electrons. The van der Waals surface area contributed by atoms with Crippen molar-refractivity contribution in [2.75, 3.05) is 6.54 Å². The lowest BCUT2D eigenvalue weighted by Gasteiger charge is -2.11. The summed E-state index contributed by atoms with van der Waals surface area (Å²) < 4.78 is 0. The molecule has 0 saturated carbocycles. The SMILES string of the molecule is C=C(C)CCCCC(C)NCC. The number of allylic oxidation sites excluding steroid dienone is 1. The monoisotopic (exact) mass is 169 g/mol. The molecule has 0 fully saturated rings. The molecule has 0 rings (SSSR count). The Morgan fingerprint density at radius 2 is 2.08 bits per heavy atom. The van der Waals surface area contributed by atoms with Crippen molar-refractivity contribution >= 4 is 0 Å². The lowest BCUT2D eigenvalue weighted by molar-refractivity contribution is 0.502. The van der Waals surface area contributed by atoms with Crippen LogP contribution in [-0.2, 0) is 0 Å². The topological polar surface area (TPSA) is 12.0 Å². The van der Waals surface area contributed by atoms with Gasteiger partial charge in [0, 0.05) is 6.04 Å². The summed E-state index contributed by atoms with van der Waals surface area (Å²) in [5, 5.41) is 3.41. The molecule has 1 heteroatoms. The normalized spacial score (nSPS) is 12.9. The molecule has 0 aliphatic carbocycles. The van der Waals surface area contributed by atoms with Gasteiger partial charge in [-0.25, -0.2) is 0 Å². The largest absolute Gasteiger partial charge is 0.315 e. The summed E-state index contributed by atoms with van der Waals surface area (Å²) in [6.07, 6.45) is 5.10. The van der Waals surface area contributed by atoms with Crippen molar-refractivity contribution < 1.29 is 0 Å². The van der Waals surface area contributed by atoms with Gasteiger partial charge >= 0.3 is 0 Å². The maximum absolute atomic E-state index is 3.89. The second kappa shape index (κ2) is 7.35. The van der Waals surface area contributed by atoms with Crippen LogP contribution in [-0.4, -0.2) is 12.6 Å². The van der Waals surface area contributed by atoms with E-state index in [0.29, 0.717) is 6.04 Å². The zero-order valence-electron chi connectivity index (χ0n) is 8.82. The van der Waals surface area contributed by atoms with Gasteiger partial charge in [0.15, 0.2) is 0 Å². The van der Waals surface area contributed by atoms with Crippen LogP contribution in [0.4, 0.5) is 0 Å². The van der Waals surface area contributed by atoms with Gasteiger partial charge in [-0.3, -0.25) is 0 Å². The Morgan fingerprint density at radius 3 is 2.58 bits per heavy atom. The number of rotatable bonds is 7. The minimum absolute atomic E-state index is 0.681. The van der Waals surface area contributed by atoms with Crippen molar-refractivity contribution in [3.8, 4) is 0 Å². The van der Waals surface area contributed by atoms with E-state index in [-0.39, 0.29) is 0 Å². The zero-order valence-corrected chi connectivity index (χ0v) is 8.82. The highest BCUT2D eigenvalue weighted by atomic mass is 14.9. The van der Waals surface area contributed by atoms with E-state index >= 15 is 0 Å². The summed E-state index contributed by atoms with van der Waals surface area (Å²) in [6, 6.07) is 0.681. The first-order valence-electron chi connectivity index (χ1n) is 5.04. The third-order valence-electron chi connectivity index (χ3n) is 2.04. The molecular weight excluding hydrogens is 146 g/mol. The fraction of sp³-hybridized carbons (Fsp3) is 0.818. The molecule has 0 amide bonds. The van der Waals surface area contributed by atoms with Crippen LogP contribution >= 0.6 is 0 Å². The molecule has 1 unspecified atom stereocenters. The molecular formula is C11H23N. The van der Waals surface area contributed by atoms with Crippen LogP contribution in [0.5, 0.6) is 0 Å². The molecule has 1 nitrogen and oxygen atoms in total. The average molecular weight is 169 g/mol. The van der Waals surface area contributed by atoms with E-state index in [1.165, 1.54) is 31.3 Å². The van der Waals surface area contributed by atoms with Gasteiger partial charge in [-0.05, 0) is 39.7 Å². The third-order valence-corrected chi connectivity index (χ3v) is 2.04. The van der Waals surface area contributed by atoms with Crippen LogP contribution in [0, 0.1) is 0 Å². The average Bonchev–Trinajstić information content (AvgIpc) is 1.98. The van der Waals surface area contributed by atoms with Crippen LogP contribution in [0.15, 0.2) is 12.2 Å². The highest BCUT2D eigenvalue weighted by Crippen LogP contribution is 2.07. The molecule has 12 heavy (non-hydrogen) atoms. The first-order chi connectivity index (χ1) is 5.66. The van der Waals surface area contributed by atoms with Gasteiger partial charge in [-0.2, -0.15) is 0 Å². The van der Waals surface area contributed by atoms with E-state index in [4.69, 9.17) is 0 Å². The van der Waals surface area contributed by atoms with Gasteiger partial charge in [0.05, 0.1) is 0 Å². The van der Waals surface area contributed by atoms with Gasteiger partial charge in [-0.1, -0.05) is 18.9 Å². The van der Waals surface area contributed by atoms with E-state index in [0.717, 1.165) is 6.54 Å². The summed E-state index contributed by atoms with van der Waals surface area (Å²) >= 11 is 0. The molecule has 0 spiro atoms. The number of hydrogen-bond donors (Lipinski definition) is 1. The summed E-state index contributed by atoms with van der Waals surface area (Å²) in [7, 11) is 0. The molecule has 1 N–H and O–H groups in total. The minimum atomic E-state index is 0.681.